The maximum absolute atomic E-state index is 11.6. The molecule has 1 atom stereocenters. The fourth-order valence-electron chi connectivity index (χ4n) is 1.20. The van der Waals surface area contributed by atoms with E-state index in [1.165, 1.54) is 16.2 Å². The van der Waals surface area contributed by atoms with Crippen LogP contribution >= 0.6 is 11.3 Å². The molecular weight excluding hydrogens is 258 g/mol. The van der Waals surface area contributed by atoms with Crippen molar-refractivity contribution in [3.05, 3.63) is 16.6 Å². The summed E-state index contributed by atoms with van der Waals surface area (Å²) in [5.41, 5.74) is 2.48. The van der Waals surface area contributed by atoms with Gasteiger partial charge in [-0.25, -0.2) is 14.6 Å². The molecule has 0 saturated carbocycles. The van der Waals surface area contributed by atoms with E-state index in [1.54, 1.807) is 12.6 Å². The summed E-state index contributed by atoms with van der Waals surface area (Å²) in [5, 5.41) is 21.8. The van der Waals surface area contributed by atoms with Crippen molar-refractivity contribution in [3.63, 3.8) is 0 Å². The summed E-state index contributed by atoms with van der Waals surface area (Å²) < 4.78 is 0. The fourth-order valence-corrected chi connectivity index (χ4v) is 1.75. The van der Waals surface area contributed by atoms with E-state index in [2.05, 4.69) is 10.3 Å². The van der Waals surface area contributed by atoms with Crippen molar-refractivity contribution < 1.29 is 19.8 Å². The second kappa shape index (κ2) is 6.92. The van der Waals surface area contributed by atoms with Crippen LogP contribution in [0.15, 0.2) is 10.9 Å². The van der Waals surface area contributed by atoms with Crippen LogP contribution in [0.5, 0.6) is 0 Å². The number of amides is 2. The molecular formula is C10H15N3O4S. The molecule has 3 N–H and O–H groups in total. The van der Waals surface area contributed by atoms with Gasteiger partial charge in [0.2, 0.25) is 0 Å². The molecule has 18 heavy (non-hydrogen) atoms. The molecule has 0 aromatic carbocycles. The number of carboxylic acids is 1. The maximum atomic E-state index is 11.6. The van der Waals surface area contributed by atoms with E-state index >= 15 is 0 Å². The number of carboxylic acid groups (broad SMARTS) is 1. The summed E-state index contributed by atoms with van der Waals surface area (Å²) in [6.45, 7) is 0.491. The molecule has 2 amide bonds. The van der Waals surface area contributed by atoms with Gasteiger partial charge in [-0.3, -0.25) is 0 Å². The quantitative estimate of drug-likeness (QED) is 0.683. The van der Waals surface area contributed by atoms with Crippen molar-refractivity contribution in [2.75, 3.05) is 13.6 Å². The Morgan fingerprint density at radius 3 is 2.89 bits per heavy atom. The Morgan fingerprint density at radius 1 is 1.61 bits per heavy atom. The molecule has 0 bridgehead atoms. The van der Waals surface area contributed by atoms with Gasteiger partial charge in [0.1, 0.15) is 0 Å². The summed E-state index contributed by atoms with van der Waals surface area (Å²) >= 11 is 1.45. The van der Waals surface area contributed by atoms with Crippen LogP contribution in [-0.4, -0.2) is 51.8 Å². The van der Waals surface area contributed by atoms with Gasteiger partial charge in [0, 0.05) is 25.4 Å². The highest BCUT2D eigenvalue weighted by Gasteiger charge is 2.14. The van der Waals surface area contributed by atoms with E-state index in [4.69, 9.17) is 10.2 Å². The zero-order chi connectivity index (χ0) is 13.5. The van der Waals surface area contributed by atoms with E-state index in [0.29, 0.717) is 6.54 Å². The van der Waals surface area contributed by atoms with Gasteiger partial charge in [-0.15, -0.1) is 11.3 Å². The SMILES string of the molecule is CN(Cc1cscn1)C(=O)NCC[C@H](O)C(=O)O. The van der Waals surface area contributed by atoms with Crippen molar-refractivity contribution in [2.24, 2.45) is 0 Å². The molecule has 0 spiro atoms. The summed E-state index contributed by atoms with van der Waals surface area (Å²) in [7, 11) is 1.61. The van der Waals surface area contributed by atoms with Crippen LogP contribution in [0.4, 0.5) is 4.79 Å². The topological polar surface area (TPSA) is 103 Å². The number of carbonyl (C=O) groups excluding carboxylic acids is 1. The standard InChI is InChI=1S/C10H15N3O4S/c1-13(4-7-5-18-6-12-7)10(17)11-3-2-8(14)9(15)16/h5-6,8,14H,2-4H2,1H3,(H,11,17)(H,15,16)/t8-/m0/s1. The molecule has 0 aliphatic rings. The smallest absolute Gasteiger partial charge is 0.332 e. The van der Waals surface area contributed by atoms with Crippen LogP contribution in [0.25, 0.3) is 0 Å². The molecule has 0 saturated heterocycles. The van der Waals surface area contributed by atoms with Crippen LogP contribution in [0.2, 0.25) is 0 Å². The average Bonchev–Trinajstić information content (AvgIpc) is 2.81. The predicted octanol–water partition coefficient (Wildman–Crippen LogP) is 0.120. The Hall–Kier alpha value is -1.67. The van der Waals surface area contributed by atoms with Crippen molar-refractivity contribution >= 4 is 23.3 Å². The summed E-state index contributed by atoms with van der Waals surface area (Å²) in [5.74, 6) is -1.29. The Morgan fingerprint density at radius 2 is 2.33 bits per heavy atom. The van der Waals surface area contributed by atoms with E-state index in [-0.39, 0.29) is 19.0 Å². The molecule has 100 valence electrons. The summed E-state index contributed by atoms with van der Waals surface area (Å²) in [6, 6.07) is -0.333. The number of aliphatic hydroxyl groups excluding tert-OH is 1. The summed E-state index contributed by atoms with van der Waals surface area (Å²) in [4.78, 5) is 27.4. The van der Waals surface area contributed by atoms with Crippen LogP contribution in [0, 0.1) is 0 Å². The number of aliphatic hydroxyl groups is 1. The normalized spacial score (nSPS) is 11.9. The second-order valence-electron chi connectivity index (χ2n) is 3.71. The minimum absolute atomic E-state index is 0.0222. The molecule has 1 aromatic heterocycles. The van der Waals surface area contributed by atoms with E-state index in [0.717, 1.165) is 5.69 Å². The van der Waals surface area contributed by atoms with Crippen molar-refractivity contribution in [2.45, 2.75) is 19.1 Å². The second-order valence-corrected chi connectivity index (χ2v) is 4.43. The monoisotopic (exact) mass is 273 g/mol. The lowest BCUT2D eigenvalue weighted by atomic mass is 10.2. The lowest BCUT2D eigenvalue weighted by molar-refractivity contribution is -0.146. The van der Waals surface area contributed by atoms with Crippen LogP contribution in [0.3, 0.4) is 0 Å². The number of carbonyl (C=O) groups is 2. The Kier molecular flexibility index (Phi) is 5.53. The molecule has 1 heterocycles. The number of hydrogen-bond donors (Lipinski definition) is 3. The number of aromatic nitrogens is 1. The van der Waals surface area contributed by atoms with E-state index in [9.17, 15) is 9.59 Å². The van der Waals surface area contributed by atoms with E-state index < -0.39 is 12.1 Å². The number of thiazole rings is 1. The molecule has 7 nitrogen and oxygen atoms in total. The Bertz CT molecular complexity index is 396. The Labute approximate surface area is 108 Å². The average molecular weight is 273 g/mol. The van der Waals surface area contributed by atoms with Gasteiger partial charge < -0.3 is 20.4 Å². The molecule has 0 aliphatic carbocycles. The largest absolute Gasteiger partial charge is 0.479 e. The number of rotatable bonds is 6. The highest BCUT2D eigenvalue weighted by molar-refractivity contribution is 7.07. The van der Waals surface area contributed by atoms with Crippen molar-refractivity contribution in [1.82, 2.24) is 15.2 Å². The zero-order valence-electron chi connectivity index (χ0n) is 9.87. The number of urea groups is 1. The number of hydrogen-bond acceptors (Lipinski definition) is 5. The van der Waals surface area contributed by atoms with Gasteiger partial charge >= 0.3 is 12.0 Å². The van der Waals surface area contributed by atoms with Gasteiger partial charge in [-0.2, -0.15) is 0 Å². The third-order valence-electron chi connectivity index (χ3n) is 2.21. The number of nitrogens with zero attached hydrogens (tertiary/aromatic N) is 2. The van der Waals surface area contributed by atoms with Crippen LogP contribution in [-0.2, 0) is 11.3 Å². The third kappa shape index (κ3) is 4.68. The molecule has 1 aromatic rings. The fraction of sp³-hybridized carbons (Fsp3) is 0.500. The predicted molar refractivity (Wildman–Crippen MR) is 65.2 cm³/mol. The first-order valence-electron chi connectivity index (χ1n) is 5.27. The minimum atomic E-state index is -1.45. The van der Waals surface area contributed by atoms with Crippen LogP contribution in [0.1, 0.15) is 12.1 Å². The first-order chi connectivity index (χ1) is 8.50. The Balaban J connectivity index is 2.26. The highest BCUT2D eigenvalue weighted by Crippen LogP contribution is 2.04. The van der Waals surface area contributed by atoms with Gasteiger partial charge in [0.05, 0.1) is 17.7 Å². The summed E-state index contributed by atoms with van der Waals surface area (Å²) in [6.07, 6.45) is -1.47. The molecule has 0 radical (unpaired) electrons. The van der Waals surface area contributed by atoms with Crippen LogP contribution < -0.4 is 5.32 Å². The molecule has 0 aliphatic heterocycles. The number of nitrogens with one attached hydrogen (secondary N) is 1. The maximum Gasteiger partial charge on any atom is 0.332 e. The molecule has 0 fully saturated rings. The highest BCUT2D eigenvalue weighted by atomic mass is 32.1. The van der Waals surface area contributed by atoms with Gasteiger partial charge in [0.25, 0.3) is 0 Å². The lowest BCUT2D eigenvalue weighted by Gasteiger charge is -2.17. The third-order valence-corrected chi connectivity index (χ3v) is 2.84. The molecule has 8 heteroatoms. The van der Waals surface area contributed by atoms with Gasteiger partial charge in [0.15, 0.2) is 6.10 Å². The first-order valence-corrected chi connectivity index (χ1v) is 6.22. The van der Waals surface area contributed by atoms with Crippen molar-refractivity contribution in [3.8, 4) is 0 Å². The molecule has 0 unspecified atom stereocenters. The van der Waals surface area contributed by atoms with Gasteiger partial charge in [-0.1, -0.05) is 0 Å². The van der Waals surface area contributed by atoms with E-state index in [1.807, 2.05) is 5.38 Å². The zero-order valence-corrected chi connectivity index (χ0v) is 10.7. The first kappa shape index (κ1) is 14.4. The molecule has 1 rings (SSSR count). The number of aliphatic carboxylic acids is 1. The lowest BCUT2D eigenvalue weighted by Crippen LogP contribution is -2.38. The minimum Gasteiger partial charge on any atom is -0.479 e. The van der Waals surface area contributed by atoms with Crippen molar-refractivity contribution in [1.29, 1.82) is 0 Å². The van der Waals surface area contributed by atoms with Gasteiger partial charge in [-0.05, 0) is 0 Å².